The molecule has 0 spiro atoms. The van der Waals surface area contributed by atoms with Crippen molar-refractivity contribution >= 4 is 48.6 Å². The topological polar surface area (TPSA) is 3.24 Å². The number of nitrogens with zero attached hydrogens (tertiary/aromatic N) is 1. The van der Waals surface area contributed by atoms with Crippen LogP contribution in [0.25, 0.3) is 75.8 Å². The van der Waals surface area contributed by atoms with Crippen LogP contribution in [0.2, 0.25) is 0 Å². The van der Waals surface area contributed by atoms with E-state index in [1.54, 1.807) is 0 Å². The maximum atomic E-state index is 2.45. The van der Waals surface area contributed by atoms with Crippen LogP contribution < -0.4 is 4.90 Å². The second-order valence-corrected chi connectivity index (χ2v) is 17.7. The molecule has 0 unspecified atom stereocenters. The van der Waals surface area contributed by atoms with Crippen LogP contribution in [-0.2, 0) is 0 Å². The highest BCUT2D eigenvalue weighted by Gasteiger charge is 2.25. The van der Waals surface area contributed by atoms with E-state index < -0.39 is 0 Å². The molecule has 10 aromatic rings. The van der Waals surface area contributed by atoms with E-state index in [-0.39, 0.29) is 0 Å². The van der Waals surface area contributed by atoms with E-state index in [4.69, 9.17) is 0 Å². The highest BCUT2D eigenvalue weighted by Crippen LogP contribution is 2.51. The van der Waals surface area contributed by atoms with Gasteiger partial charge in [0.15, 0.2) is 0 Å². The second kappa shape index (κ2) is 16.8. The van der Waals surface area contributed by atoms with Crippen molar-refractivity contribution in [1.82, 2.24) is 0 Å². The zero-order valence-corrected chi connectivity index (χ0v) is 35.6. The second-order valence-electron chi connectivity index (χ2n) is 16.6. The molecule has 2 heteroatoms. The Labute approximate surface area is 369 Å². The molecule has 0 atom stereocenters. The van der Waals surface area contributed by atoms with Crippen molar-refractivity contribution < 1.29 is 0 Å². The molecule has 1 aliphatic rings. The minimum absolute atomic E-state index is 0.658. The van der Waals surface area contributed by atoms with Crippen molar-refractivity contribution in [3.05, 3.63) is 224 Å². The lowest BCUT2D eigenvalue weighted by molar-refractivity contribution is 0.443. The van der Waals surface area contributed by atoms with Gasteiger partial charge in [0.05, 0.1) is 0 Å². The smallest absolute Gasteiger partial charge is 0.0476 e. The molecule has 298 valence electrons. The number of hydrogen-bond acceptors (Lipinski definition) is 2. The average molecular weight is 814 g/mol. The van der Waals surface area contributed by atoms with E-state index in [1.807, 2.05) is 11.3 Å². The number of hydrogen-bond donors (Lipinski definition) is 0. The van der Waals surface area contributed by atoms with Gasteiger partial charge in [-0.15, -0.1) is 11.3 Å². The lowest BCUT2D eigenvalue weighted by Gasteiger charge is -2.28. The summed E-state index contributed by atoms with van der Waals surface area (Å²) in [7, 11) is 0. The van der Waals surface area contributed by atoms with Gasteiger partial charge in [-0.05, 0) is 128 Å². The van der Waals surface area contributed by atoms with Gasteiger partial charge < -0.3 is 4.90 Å². The van der Waals surface area contributed by atoms with Crippen molar-refractivity contribution in [2.75, 3.05) is 4.90 Å². The van der Waals surface area contributed by atoms with Crippen LogP contribution in [0.3, 0.4) is 0 Å². The summed E-state index contributed by atoms with van der Waals surface area (Å²) in [5.41, 5.74) is 17.0. The zero-order chi connectivity index (χ0) is 41.2. The number of rotatable bonds is 9. The third-order valence-electron chi connectivity index (χ3n) is 12.9. The van der Waals surface area contributed by atoms with E-state index in [0.717, 1.165) is 11.4 Å². The minimum Gasteiger partial charge on any atom is -0.310 e. The third kappa shape index (κ3) is 7.21. The fourth-order valence-electron chi connectivity index (χ4n) is 9.88. The summed E-state index contributed by atoms with van der Waals surface area (Å²) >= 11 is 1.88. The number of fused-ring (bicyclic) bond motifs is 3. The van der Waals surface area contributed by atoms with Gasteiger partial charge in [0.2, 0.25) is 0 Å². The fraction of sp³-hybridized carbons (Fsp3) is 0.100. The largest absolute Gasteiger partial charge is 0.310 e. The summed E-state index contributed by atoms with van der Waals surface area (Å²) in [6.07, 6.45) is 6.61. The molecule has 0 radical (unpaired) electrons. The number of benzene rings is 9. The van der Waals surface area contributed by atoms with E-state index >= 15 is 0 Å². The van der Waals surface area contributed by atoms with Crippen LogP contribution in [0.1, 0.15) is 43.6 Å². The van der Waals surface area contributed by atoms with Crippen molar-refractivity contribution in [2.45, 2.75) is 38.0 Å². The first kappa shape index (κ1) is 38.0. The Kier molecular flexibility index (Phi) is 10.3. The normalized spacial score (nSPS) is 13.1. The maximum Gasteiger partial charge on any atom is 0.0476 e. The Morgan fingerprint density at radius 1 is 0.339 bits per heavy atom. The maximum absolute atomic E-state index is 2.45. The zero-order valence-electron chi connectivity index (χ0n) is 34.8. The minimum atomic E-state index is 0.658. The highest BCUT2D eigenvalue weighted by atomic mass is 32.1. The van der Waals surface area contributed by atoms with E-state index in [9.17, 15) is 0 Å². The Morgan fingerprint density at radius 3 is 1.35 bits per heavy atom. The molecule has 9 aromatic carbocycles. The molecule has 0 saturated heterocycles. The Morgan fingerprint density at radius 2 is 0.790 bits per heavy atom. The molecular weight excluding hydrogens is 767 g/mol. The standard InChI is InChI=1S/C60H47NS/c1-6-18-42(19-7-1)43-30-34-49(35-31-43)61(51-38-39-53-52-28-16-17-29-56(52)62-57(53)40-51)50-36-32-48(33-37-50)60-58(46-24-12-4-13-25-46)54(44-20-8-2-9-21-44)41-55(45-22-10-3-11-23-45)59(60)47-26-14-5-15-27-47/h2-5,8-17,20-42H,1,6-7,18-19H2. The summed E-state index contributed by atoms with van der Waals surface area (Å²) in [4.78, 5) is 2.45. The van der Waals surface area contributed by atoms with Crippen molar-refractivity contribution in [1.29, 1.82) is 0 Å². The molecular formula is C60H47NS. The molecule has 1 fully saturated rings. The Bertz CT molecular complexity index is 3010. The molecule has 1 aliphatic carbocycles. The molecule has 0 bridgehead atoms. The summed E-state index contributed by atoms with van der Waals surface area (Å²) in [5.74, 6) is 0.658. The molecule has 0 amide bonds. The van der Waals surface area contributed by atoms with Gasteiger partial charge >= 0.3 is 0 Å². The van der Waals surface area contributed by atoms with Crippen molar-refractivity contribution in [3.8, 4) is 55.6 Å². The van der Waals surface area contributed by atoms with E-state index in [2.05, 4.69) is 223 Å². The first-order valence-corrected chi connectivity index (χ1v) is 22.9. The number of thiophene rings is 1. The van der Waals surface area contributed by atoms with Gasteiger partial charge in [-0.3, -0.25) is 0 Å². The fourth-order valence-corrected chi connectivity index (χ4v) is 11.0. The predicted molar refractivity (Wildman–Crippen MR) is 267 cm³/mol. The van der Waals surface area contributed by atoms with Crippen LogP contribution in [0.15, 0.2) is 218 Å². The molecule has 0 N–H and O–H groups in total. The molecule has 11 rings (SSSR count). The molecule has 1 saturated carbocycles. The van der Waals surface area contributed by atoms with E-state index in [1.165, 1.54) is 119 Å². The lowest BCUT2D eigenvalue weighted by atomic mass is 9.79. The average Bonchev–Trinajstić information content (AvgIpc) is 3.73. The summed E-state index contributed by atoms with van der Waals surface area (Å²) in [5, 5.41) is 2.63. The molecule has 62 heavy (non-hydrogen) atoms. The van der Waals surface area contributed by atoms with E-state index in [0.29, 0.717) is 5.92 Å². The summed E-state index contributed by atoms with van der Waals surface area (Å²) < 4.78 is 2.62. The molecule has 1 heterocycles. The summed E-state index contributed by atoms with van der Waals surface area (Å²) in [6.45, 7) is 0. The number of anilines is 3. The molecule has 1 nitrogen and oxygen atoms in total. The Balaban J connectivity index is 1.13. The Hall–Kier alpha value is -7.00. The van der Waals surface area contributed by atoms with Gasteiger partial charge in [0.1, 0.15) is 0 Å². The third-order valence-corrected chi connectivity index (χ3v) is 14.0. The van der Waals surface area contributed by atoms with Gasteiger partial charge in [-0.25, -0.2) is 0 Å². The molecule has 0 aliphatic heterocycles. The van der Waals surface area contributed by atoms with Crippen molar-refractivity contribution in [3.63, 3.8) is 0 Å². The highest BCUT2D eigenvalue weighted by molar-refractivity contribution is 7.25. The summed E-state index contributed by atoms with van der Waals surface area (Å²) in [6, 6.07) is 80.8. The predicted octanol–water partition coefficient (Wildman–Crippen LogP) is 17.9. The van der Waals surface area contributed by atoms with Gasteiger partial charge in [0.25, 0.3) is 0 Å². The van der Waals surface area contributed by atoms with Gasteiger partial charge in [-0.2, -0.15) is 0 Å². The van der Waals surface area contributed by atoms with Crippen LogP contribution >= 0.6 is 11.3 Å². The quantitative estimate of drug-likeness (QED) is 0.140. The van der Waals surface area contributed by atoms with Gasteiger partial charge in [0, 0.05) is 37.2 Å². The van der Waals surface area contributed by atoms with Crippen LogP contribution in [0, 0.1) is 0 Å². The van der Waals surface area contributed by atoms with Gasteiger partial charge in [-0.1, -0.05) is 189 Å². The van der Waals surface area contributed by atoms with Crippen LogP contribution in [-0.4, -0.2) is 0 Å². The van der Waals surface area contributed by atoms with Crippen LogP contribution in [0.4, 0.5) is 17.1 Å². The monoisotopic (exact) mass is 813 g/mol. The molecule has 1 aromatic heterocycles. The lowest BCUT2D eigenvalue weighted by Crippen LogP contribution is -2.10. The first-order valence-electron chi connectivity index (χ1n) is 22.1. The van der Waals surface area contributed by atoms with Crippen molar-refractivity contribution in [2.24, 2.45) is 0 Å². The first-order chi connectivity index (χ1) is 30.8. The SMILES string of the molecule is c1ccc(-c2cc(-c3ccccc3)c(-c3ccccc3)c(-c3ccc(N(c4ccc(C5CCCCC5)cc4)c4ccc5c(c4)sc4ccccc45)cc3)c2-c2ccccc2)cc1. The van der Waals surface area contributed by atoms with Crippen LogP contribution in [0.5, 0.6) is 0 Å².